The number of aromatic nitrogens is 2. The van der Waals surface area contributed by atoms with Crippen LogP contribution < -0.4 is 9.80 Å². The van der Waals surface area contributed by atoms with E-state index in [2.05, 4.69) is 21.8 Å². The number of nitro groups is 1. The molecule has 2 aliphatic rings. The molecule has 0 unspecified atom stereocenters. The highest BCUT2D eigenvalue weighted by molar-refractivity contribution is 7.98. The fourth-order valence-corrected chi connectivity index (χ4v) is 6.35. The summed E-state index contributed by atoms with van der Waals surface area (Å²) in [5, 5.41) is 12.0. The normalized spacial score (nSPS) is 16.1. The lowest BCUT2D eigenvalue weighted by Gasteiger charge is -2.36. The summed E-state index contributed by atoms with van der Waals surface area (Å²) < 4.78 is 0. The summed E-state index contributed by atoms with van der Waals surface area (Å²) in [6.07, 6.45) is 6.18. The highest BCUT2D eigenvalue weighted by Crippen LogP contribution is 2.29. The molecule has 2 aromatic carbocycles. The van der Waals surface area contributed by atoms with E-state index in [9.17, 15) is 14.9 Å². The Morgan fingerprint density at radius 3 is 2.35 bits per heavy atom. The largest absolute Gasteiger partial charge is 0.368 e. The smallest absolute Gasteiger partial charge is 0.269 e. The van der Waals surface area contributed by atoms with Crippen molar-refractivity contribution in [3.8, 4) is 0 Å². The van der Waals surface area contributed by atoms with Gasteiger partial charge in [-0.05, 0) is 42.7 Å². The van der Waals surface area contributed by atoms with E-state index < -0.39 is 4.92 Å². The van der Waals surface area contributed by atoms with E-state index in [1.807, 2.05) is 35.2 Å². The monoisotopic (exact) mass is 580 g/mol. The third-order valence-corrected chi connectivity index (χ3v) is 8.82. The van der Waals surface area contributed by atoms with Crippen molar-refractivity contribution >= 4 is 46.5 Å². The first-order chi connectivity index (χ1) is 19.4. The Balaban J connectivity index is 1.14. The van der Waals surface area contributed by atoms with Crippen molar-refractivity contribution in [1.82, 2.24) is 14.9 Å². The first-order valence-corrected chi connectivity index (χ1v) is 15.0. The molecular formula is C29H33ClN6O3S. The molecule has 1 aliphatic heterocycles. The lowest BCUT2D eigenvalue weighted by atomic mass is 9.94. The topological polar surface area (TPSA) is 95.7 Å². The van der Waals surface area contributed by atoms with Gasteiger partial charge >= 0.3 is 0 Å². The number of hydrogen-bond acceptors (Lipinski definition) is 8. The lowest BCUT2D eigenvalue weighted by Crippen LogP contribution is -2.48. The van der Waals surface area contributed by atoms with Gasteiger partial charge in [-0.1, -0.05) is 54.8 Å². The number of nitrogens with zero attached hydrogens (tertiary/aromatic N) is 6. The van der Waals surface area contributed by atoms with Gasteiger partial charge in [0.15, 0.2) is 5.16 Å². The number of thioether (sulfide) groups is 1. The van der Waals surface area contributed by atoms with E-state index in [1.54, 1.807) is 12.1 Å². The Morgan fingerprint density at radius 2 is 1.70 bits per heavy atom. The van der Waals surface area contributed by atoms with Gasteiger partial charge in [0.25, 0.3) is 11.6 Å². The minimum absolute atomic E-state index is 0.0103. The molecule has 1 amide bonds. The zero-order valence-corrected chi connectivity index (χ0v) is 24.1. The molecule has 0 bridgehead atoms. The van der Waals surface area contributed by atoms with Crippen molar-refractivity contribution in [3.63, 3.8) is 0 Å². The second-order valence-corrected chi connectivity index (χ2v) is 11.6. The Bertz CT molecular complexity index is 1330. The lowest BCUT2D eigenvalue weighted by molar-refractivity contribution is -0.384. The number of carbonyl (C=O) groups excluding carboxylic acids is 1. The maximum atomic E-state index is 13.1. The summed E-state index contributed by atoms with van der Waals surface area (Å²) in [5.74, 6) is 1.55. The quantitative estimate of drug-likeness (QED) is 0.104. The van der Waals surface area contributed by atoms with Crippen molar-refractivity contribution < 1.29 is 9.72 Å². The molecule has 1 aromatic heterocycles. The molecule has 210 valence electrons. The number of rotatable bonds is 8. The van der Waals surface area contributed by atoms with Crippen LogP contribution >= 0.6 is 23.4 Å². The molecule has 9 nitrogen and oxygen atoms in total. The van der Waals surface area contributed by atoms with Crippen LogP contribution in [0.4, 0.5) is 17.2 Å². The molecule has 2 heterocycles. The first-order valence-electron chi connectivity index (χ1n) is 13.7. The molecule has 1 aliphatic carbocycles. The van der Waals surface area contributed by atoms with Crippen molar-refractivity contribution in [2.75, 3.05) is 43.0 Å². The van der Waals surface area contributed by atoms with Gasteiger partial charge in [-0.2, -0.15) is 0 Å². The van der Waals surface area contributed by atoms with E-state index in [0.29, 0.717) is 53.8 Å². The number of amides is 1. The second kappa shape index (κ2) is 12.9. The molecule has 0 radical (unpaired) electrons. The van der Waals surface area contributed by atoms with Gasteiger partial charge in [0.1, 0.15) is 11.0 Å². The number of non-ortho nitro benzene ring substituents is 1. The van der Waals surface area contributed by atoms with Gasteiger partial charge in [0.05, 0.1) is 4.92 Å². The van der Waals surface area contributed by atoms with Crippen LogP contribution in [0, 0.1) is 10.1 Å². The van der Waals surface area contributed by atoms with E-state index in [4.69, 9.17) is 16.6 Å². The van der Waals surface area contributed by atoms with Gasteiger partial charge in [0, 0.05) is 74.5 Å². The Kier molecular flexibility index (Phi) is 9.06. The first kappa shape index (κ1) is 28.2. The van der Waals surface area contributed by atoms with Gasteiger partial charge in [-0.15, -0.1) is 0 Å². The maximum Gasteiger partial charge on any atom is 0.269 e. The minimum Gasteiger partial charge on any atom is -0.368 e. The molecule has 5 rings (SSSR count). The van der Waals surface area contributed by atoms with Crippen LogP contribution in [-0.4, -0.2) is 65.0 Å². The molecular weight excluding hydrogens is 548 g/mol. The van der Waals surface area contributed by atoms with Gasteiger partial charge < -0.3 is 14.7 Å². The number of piperazine rings is 1. The number of carbonyl (C=O) groups is 1. The molecule has 0 N–H and O–H groups in total. The standard InChI is InChI=1S/C29H33ClN6O3S/c1-33(23-5-3-2-4-6-23)27-19-26(30)31-29(32-27)40-20-21-7-9-22(10-8-21)28(37)35-17-15-34(16-18-35)24-11-13-25(14-12-24)36(38)39/h7-14,19,23H,2-6,15-18,20H2,1H3. The molecule has 3 aromatic rings. The number of halogens is 1. The van der Waals surface area contributed by atoms with Crippen LogP contribution in [0.15, 0.2) is 59.8 Å². The van der Waals surface area contributed by atoms with Crippen LogP contribution in [-0.2, 0) is 5.75 Å². The molecule has 11 heteroatoms. The van der Waals surface area contributed by atoms with E-state index in [0.717, 1.165) is 17.1 Å². The summed E-state index contributed by atoms with van der Waals surface area (Å²) in [6.45, 7) is 2.54. The number of benzene rings is 2. The summed E-state index contributed by atoms with van der Waals surface area (Å²) in [4.78, 5) is 39.0. The van der Waals surface area contributed by atoms with Gasteiger partial charge in [-0.25, -0.2) is 9.97 Å². The predicted molar refractivity (Wildman–Crippen MR) is 160 cm³/mol. The SMILES string of the molecule is CN(c1cc(Cl)nc(SCc2ccc(C(=O)N3CCN(c4ccc([N+](=O)[O-])cc4)CC3)cc2)n1)C1CCCCC1. The van der Waals surface area contributed by atoms with Crippen molar-refractivity contribution in [2.45, 2.75) is 49.1 Å². The average Bonchev–Trinajstić information content (AvgIpc) is 3.00. The van der Waals surface area contributed by atoms with Gasteiger partial charge in [0.2, 0.25) is 0 Å². The predicted octanol–water partition coefficient (Wildman–Crippen LogP) is 6.06. The van der Waals surface area contributed by atoms with E-state index in [1.165, 1.54) is 56.0 Å². The maximum absolute atomic E-state index is 13.1. The fraction of sp³-hybridized carbons (Fsp3) is 0.414. The number of nitro benzene ring substituents is 1. The van der Waals surface area contributed by atoms with Crippen LogP contribution in [0.25, 0.3) is 0 Å². The van der Waals surface area contributed by atoms with E-state index in [-0.39, 0.29) is 11.6 Å². The Morgan fingerprint density at radius 1 is 1.02 bits per heavy atom. The van der Waals surface area contributed by atoms with Crippen molar-refractivity contribution in [3.05, 3.63) is 81.0 Å². The summed E-state index contributed by atoms with van der Waals surface area (Å²) in [6, 6.07) is 16.6. The molecule has 1 saturated carbocycles. The summed E-state index contributed by atoms with van der Waals surface area (Å²) >= 11 is 7.88. The van der Waals surface area contributed by atoms with Crippen LogP contribution in [0.2, 0.25) is 5.15 Å². The number of anilines is 2. The molecule has 2 fully saturated rings. The minimum atomic E-state index is -0.400. The van der Waals surface area contributed by atoms with Crippen molar-refractivity contribution in [2.24, 2.45) is 0 Å². The van der Waals surface area contributed by atoms with Crippen LogP contribution in [0.5, 0.6) is 0 Å². The molecule has 1 saturated heterocycles. The molecule has 0 atom stereocenters. The zero-order chi connectivity index (χ0) is 28.1. The van der Waals surface area contributed by atoms with Crippen LogP contribution in [0.3, 0.4) is 0 Å². The highest BCUT2D eigenvalue weighted by Gasteiger charge is 2.23. The second-order valence-electron chi connectivity index (χ2n) is 10.3. The Hall–Kier alpha value is -3.37. The Labute approximate surface area is 243 Å². The summed E-state index contributed by atoms with van der Waals surface area (Å²) in [7, 11) is 2.09. The van der Waals surface area contributed by atoms with Crippen LogP contribution in [0.1, 0.15) is 48.0 Å². The summed E-state index contributed by atoms with van der Waals surface area (Å²) in [5.41, 5.74) is 2.74. The molecule has 40 heavy (non-hydrogen) atoms. The average molecular weight is 581 g/mol. The third kappa shape index (κ3) is 6.85. The molecule has 0 spiro atoms. The highest BCUT2D eigenvalue weighted by atomic mass is 35.5. The van der Waals surface area contributed by atoms with Crippen molar-refractivity contribution in [1.29, 1.82) is 0 Å². The fourth-order valence-electron chi connectivity index (χ4n) is 5.31. The number of hydrogen-bond donors (Lipinski definition) is 0. The van der Waals surface area contributed by atoms with E-state index >= 15 is 0 Å². The van der Waals surface area contributed by atoms with Gasteiger partial charge in [-0.3, -0.25) is 14.9 Å². The zero-order valence-electron chi connectivity index (χ0n) is 22.5. The third-order valence-electron chi connectivity index (χ3n) is 7.71.